The monoisotopic (exact) mass is 210 g/mol. The average Bonchev–Trinajstić information content (AvgIpc) is 2.29. The molecule has 1 aromatic heterocycles. The van der Waals surface area contributed by atoms with Crippen molar-refractivity contribution in [2.75, 3.05) is 32.2 Å². The first-order valence-corrected chi connectivity index (χ1v) is 5.19. The molecule has 0 aliphatic carbocycles. The second kappa shape index (κ2) is 7.06. The van der Waals surface area contributed by atoms with Gasteiger partial charge in [0.25, 0.3) is 0 Å². The summed E-state index contributed by atoms with van der Waals surface area (Å²) < 4.78 is 10.4. The lowest BCUT2D eigenvalue weighted by molar-refractivity contribution is 0.147. The minimum absolute atomic E-state index is 0.771. The molecule has 1 aromatic rings. The van der Waals surface area contributed by atoms with E-state index in [0.29, 0.717) is 0 Å². The number of anilines is 1. The summed E-state index contributed by atoms with van der Waals surface area (Å²) in [4.78, 5) is 4.19. The molecule has 0 amide bonds. The molecule has 1 N–H and O–H groups in total. The number of ether oxygens (including phenoxy) is 2. The molecule has 15 heavy (non-hydrogen) atoms. The van der Waals surface area contributed by atoms with Gasteiger partial charge < -0.3 is 14.8 Å². The molecule has 0 aromatic carbocycles. The van der Waals surface area contributed by atoms with E-state index in [4.69, 9.17) is 9.47 Å². The molecule has 0 saturated heterocycles. The average molecular weight is 210 g/mol. The standard InChI is InChI=1S/C11H18N2O2/c1-3-15-9-5-8-13-11-10(14-2)6-4-7-12-11/h4,6-7H,3,5,8-9H2,1-2H3,(H,12,13). The largest absolute Gasteiger partial charge is 0.493 e. The normalized spacial score (nSPS) is 10.0. The third-order valence-corrected chi connectivity index (χ3v) is 1.95. The molecule has 0 aliphatic rings. The van der Waals surface area contributed by atoms with E-state index in [1.54, 1.807) is 13.3 Å². The third-order valence-electron chi connectivity index (χ3n) is 1.95. The molecule has 84 valence electrons. The fourth-order valence-electron chi connectivity index (χ4n) is 1.21. The Labute approximate surface area is 90.6 Å². The Morgan fingerprint density at radius 2 is 2.33 bits per heavy atom. The quantitative estimate of drug-likeness (QED) is 0.698. The minimum atomic E-state index is 0.771. The first-order chi connectivity index (χ1) is 7.38. The first-order valence-electron chi connectivity index (χ1n) is 5.19. The van der Waals surface area contributed by atoms with Crippen molar-refractivity contribution < 1.29 is 9.47 Å². The molecule has 0 bridgehead atoms. The number of aromatic nitrogens is 1. The summed E-state index contributed by atoms with van der Waals surface area (Å²) in [5, 5.41) is 3.21. The van der Waals surface area contributed by atoms with E-state index in [9.17, 15) is 0 Å². The predicted octanol–water partition coefficient (Wildman–Crippen LogP) is 1.93. The molecule has 0 fully saturated rings. The summed E-state index contributed by atoms with van der Waals surface area (Å²) in [7, 11) is 1.64. The Morgan fingerprint density at radius 3 is 3.07 bits per heavy atom. The smallest absolute Gasteiger partial charge is 0.168 e. The van der Waals surface area contributed by atoms with Gasteiger partial charge in [-0.2, -0.15) is 0 Å². The zero-order chi connectivity index (χ0) is 10.9. The van der Waals surface area contributed by atoms with E-state index in [-0.39, 0.29) is 0 Å². The maximum absolute atomic E-state index is 5.24. The van der Waals surface area contributed by atoms with Crippen molar-refractivity contribution in [2.45, 2.75) is 13.3 Å². The minimum Gasteiger partial charge on any atom is -0.493 e. The van der Waals surface area contributed by atoms with E-state index in [1.807, 2.05) is 19.1 Å². The summed E-state index contributed by atoms with van der Waals surface area (Å²) in [6.07, 6.45) is 2.71. The summed E-state index contributed by atoms with van der Waals surface area (Å²) in [5.74, 6) is 1.56. The molecule has 0 saturated carbocycles. The third kappa shape index (κ3) is 4.16. The van der Waals surface area contributed by atoms with Gasteiger partial charge in [-0.3, -0.25) is 0 Å². The molecule has 0 unspecified atom stereocenters. The lowest BCUT2D eigenvalue weighted by atomic mass is 10.4. The summed E-state index contributed by atoms with van der Waals surface area (Å²) in [5.41, 5.74) is 0. The van der Waals surface area contributed by atoms with Crippen molar-refractivity contribution in [3.05, 3.63) is 18.3 Å². The second-order valence-electron chi connectivity index (χ2n) is 3.03. The van der Waals surface area contributed by atoms with Gasteiger partial charge in [-0.25, -0.2) is 4.98 Å². The zero-order valence-corrected chi connectivity index (χ0v) is 9.32. The van der Waals surface area contributed by atoms with Crippen molar-refractivity contribution in [3.8, 4) is 5.75 Å². The van der Waals surface area contributed by atoms with Crippen LogP contribution in [0.2, 0.25) is 0 Å². The molecule has 1 rings (SSSR count). The maximum atomic E-state index is 5.24. The van der Waals surface area contributed by atoms with Crippen LogP contribution >= 0.6 is 0 Å². The Morgan fingerprint density at radius 1 is 1.47 bits per heavy atom. The fraction of sp³-hybridized carbons (Fsp3) is 0.545. The fourth-order valence-corrected chi connectivity index (χ4v) is 1.21. The number of hydrogen-bond acceptors (Lipinski definition) is 4. The van der Waals surface area contributed by atoms with Crippen LogP contribution in [0.25, 0.3) is 0 Å². The molecular formula is C11H18N2O2. The van der Waals surface area contributed by atoms with Crippen molar-refractivity contribution in [1.82, 2.24) is 4.98 Å². The highest BCUT2D eigenvalue weighted by molar-refractivity contribution is 5.49. The van der Waals surface area contributed by atoms with Gasteiger partial charge >= 0.3 is 0 Å². The van der Waals surface area contributed by atoms with E-state index in [2.05, 4.69) is 10.3 Å². The molecule has 4 nitrogen and oxygen atoms in total. The van der Waals surface area contributed by atoms with Crippen LogP contribution in [-0.2, 0) is 4.74 Å². The van der Waals surface area contributed by atoms with Crippen LogP contribution in [-0.4, -0.2) is 31.9 Å². The highest BCUT2D eigenvalue weighted by atomic mass is 16.5. The summed E-state index contributed by atoms with van der Waals surface area (Å²) in [6.45, 7) is 4.38. The van der Waals surface area contributed by atoms with Gasteiger partial charge in [0.1, 0.15) is 0 Å². The molecule has 4 heteroatoms. The number of nitrogens with zero attached hydrogens (tertiary/aromatic N) is 1. The van der Waals surface area contributed by atoms with E-state index >= 15 is 0 Å². The van der Waals surface area contributed by atoms with Gasteiger partial charge in [0.05, 0.1) is 7.11 Å². The van der Waals surface area contributed by atoms with Gasteiger partial charge in [0, 0.05) is 26.0 Å². The van der Waals surface area contributed by atoms with Crippen molar-refractivity contribution in [2.24, 2.45) is 0 Å². The number of nitrogens with one attached hydrogen (secondary N) is 1. The van der Waals surface area contributed by atoms with Crippen LogP contribution in [0.5, 0.6) is 5.75 Å². The van der Waals surface area contributed by atoms with Gasteiger partial charge in [-0.1, -0.05) is 0 Å². The number of methoxy groups -OCH3 is 1. The summed E-state index contributed by atoms with van der Waals surface area (Å²) in [6, 6.07) is 3.74. The Bertz CT molecular complexity index is 279. The Kier molecular flexibility index (Phi) is 5.55. The van der Waals surface area contributed by atoms with Gasteiger partial charge in [0.15, 0.2) is 11.6 Å². The van der Waals surface area contributed by atoms with Crippen LogP contribution in [0.1, 0.15) is 13.3 Å². The highest BCUT2D eigenvalue weighted by Gasteiger charge is 2.00. The molecule has 0 atom stereocenters. The van der Waals surface area contributed by atoms with Gasteiger partial charge in [0.2, 0.25) is 0 Å². The maximum Gasteiger partial charge on any atom is 0.168 e. The lowest BCUT2D eigenvalue weighted by Gasteiger charge is -2.09. The van der Waals surface area contributed by atoms with Crippen molar-refractivity contribution in [1.29, 1.82) is 0 Å². The van der Waals surface area contributed by atoms with Crippen LogP contribution < -0.4 is 10.1 Å². The molecule has 1 heterocycles. The van der Waals surface area contributed by atoms with Gasteiger partial charge in [-0.15, -0.1) is 0 Å². The van der Waals surface area contributed by atoms with Crippen molar-refractivity contribution in [3.63, 3.8) is 0 Å². The molecule has 0 radical (unpaired) electrons. The van der Waals surface area contributed by atoms with Crippen LogP contribution in [0.15, 0.2) is 18.3 Å². The van der Waals surface area contributed by atoms with Crippen LogP contribution in [0.3, 0.4) is 0 Å². The molecular weight excluding hydrogens is 192 g/mol. The van der Waals surface area contributed by atoms with E-state index in [1.165, 1.54) is 0 Å². The topological polar surface area (TPSA) is 43.4 Å². The SMILES string of the molecule is CCOCCCNc1ncccc1OC. The number of hydrogen-bond donors (Lipinski definition) is 1. The molecule has 0 aliphatic heterocycles. The number of rotatable bonds is 7. The Balaban J connectivity index is 2.30. The van der Waals surface area contributed by atoms with Crippen molar-refractivity contribution >= 4 is 5.82 Å². The van der Waals surface area contributed by atoms with E-state index in [0.717, 1.165) is 37.7 Å². The predicted molar refractivity (Wildman–Crippen MR) is 60.4 cm³/mol. The lowest BCUT2D eigenvalue weighted by Crippen LogP contribution is -2.07. The zero-order valence-electron chi connectivity index (χ0n) is 9.32. The van der Waals surface area contributed by atoms with Crippen LogP contribution in [0.4, 0.5) is 5.82 Å². The second-order valence-corrected chi connectivity index (χ2v) is 3.03. The van der Waals surface area contributed by atoms with Gasteiger partial charge in [-0.05, 0) is 25.5 Å². The van der Waals surface area contributed by atoms with Crippen LogP contribution in [0, 0.1) is 0 Å². The number of pyridine rings is 1. The summed E-state index contributed by atoms with van der Waals surface area (Å²) >= 11 is 0. The highest BCUT2D eigenvalue weighted by Crippen LogP contribution is 2.19. The Hall–Kier alpha value is -1.29. The first kappa shape index (κ1) is 11.8. The van der Waals surface area contributed by atoms with E-state index < -0.39 is 0 Å². The molecule has 0 spiro atoms.